The van der Waals surface area contributed by atoms with Gasteiger partial charge in [0.2, 0.25) is 0 Å². The number of hydrogen-bond acceptors (Lipinski definition) is 2. The van der Waals surface area contributed by atoms with Crippen LogP contribution in [0.15, 0.2) is 24.3 Å². The molecule has 2 rings (SSSR count). The first kappa shape index (κ1) is 12.4. The first-order chi connectivity index (χ1) is 7.89. The van der Waals surface area contributed by atoms with E-state index in [1.807, 2.05) is 0 Å². The Hall–Kier alpha value is -1.07. The van der Waals surface area contributed by atoms with Crippen LogP contribution in [0.3, 0.4) is 0 Å². The molecule has 0 fully saturated rings. The monoisotopic (exact) mass is 246 g/mol. The van der Waals surface area contributed by atoms with E-state index < -0.39 is 24.5 Å². The molecule has 0 radical (unpaired) electrons. The molecule has 3 unspecified atom stereocenters. The Balaban J connectivity index is 2.08. The number of aliphatic hydroxyl groups is 1. The number of alkyl halides is 3. The van der Waals surface area contributed by atoms with Crippen molar-refractivity contribution in [3.05, 3.63) is 35.4 Å². The number of benzene rings is 1. The van der Waals surface area contributed by atoms with Gasteiger partial charge in [-0.05, 0) is 18.1 Å². The average molecular weight is 246 g/mol. The Bertz CT molecular complexity index is 403. The zero-order valence-corrected chi connectivity index (χ0v) is 9.24. The van der Waals surface area contributed by atoms with Gasteiger partial charge in [-0.3, -0.25) is 0 Å². The third-order valence-corrected chi connectivity index (χ3v) is 2.99. The number of fused-ring (bicyclic) bond motifs is 1. The summed E-state index contributed by atoms with van der Waals surface area (Å²) in [6.07, 6.45) is -7.73. The lowest BCUT2D eigenvalue weighted by molar-refractivity contribution is -0.234. The minimum Gasteiger partial charge on any atom is -0.386 e. The Morgan fingerprint density at radius 3 is 2.59 bits per heavy atom. The summed E-state index contributed by atoms with van der Waals surface area (Å²) in [5.74, 6) is 0. The van der Waals surface area contributed by atoms with Crippen LogP contribution in [-0.4, -0.2) is 23.5 Å². The second-order valence-electron chi connectivity index (χ2n) is 4.21. The van der Waals surface area contributed by atoms with Crippen LogP contribution in [0.2, 0.25) is 0 Å². The van der Waals surface area contributed by atoms with Crippen LogP contribution in [0.4, 0.5) is 13.2 Å². The SMILES string of the molecule is CC(OC1Cc2ccccc2C1O)C(F)(F)F. The second kappa shape index (κ2) is 4.31. The van der Waals surface area contributed by atoms with Crippen molar-refractivity contribution in [3.8, 4) is 0 Å². The standard InChI is InChI=1S/C12H13F3O2/c1-7(12(13,14)15)17-10-6-8-4-2-3-5-9(8)11(10)16/h2-5,7,10-11,16H,6H2,1H3. The van der Waals surface area contributed by atoms with E-state index in [4.69, 9.17) is 4.74 Å². The van der Waals surface area contributed by atoms with Crippen molar-refractivity contribution < 1.29 is 23.0 Å². The zero-order chi connectivity index (χ0) is 12.6. The van der Waals surface area contributed by atoms with Gasteiger partial charge in [0.25, 0.3) is 0 Å². The van der Waals surface area contributed by atoms with Crippen LogP contribution in [0.1, 0.15) is 24.2 Å². The van der Waals surface area contributed by atoms with Crippen LogP contribution < -0.4 is 0 Å². The van der Waals surface area contributed by atoms with E-state index in [1.165, 1.54) is 0 Å². The summed E-state index contributed by atoms with van der Waals surface area (Å²) < 4.78 is 42.0. The van der Waals surface area contributed by atoms with Crippen LogP contribution in [0.25, 0.3) is 0 Å². The maximum Gasteiger partial charge on any atom is 0.414 e. The molecule has 0 aromatic heterocycles. The molecule has 3 atom stereocenters. The molecule has 0 spiro atoms. The predicted octanol–water partition coefficient (Wildman–Crippen LogP) is 2.61. The van der Waals surface area contributed by atoms with Crippen molar-refractivity contribution in [1.82, 2.24) is 0 Å². The third kappa shape index (κ3) is 2.45. The highest BCUT2D eigenvalue weighted by molar-refractivity contribution is 5.35. The molecule has 5 heteroatoms. The number of halogens is 3. The Kier molecular flexibility index (Phi) is 3.14. The second-order valence-corrected chi connectivity index (χ2v) is 4.21. The number of rotatable bonds is 2. The molecule has 2 nitrogen and oxygen atoms in total. The van der Waals surface area contributed by atoms with Gasteiger partial charge in [-0.25, -0.2) is 0 Å². The molecule has 1 aromatic carbocycles. The molecule has 0 saturated heterocycles. The summed E-state index contributed by atoms with van der Waals surface area (Å²) in [7, 11) is 0. The molecule has 17 heavy (non-hydrogen) atoms. The summed E-state index contributed by atoms with van der Waals surface area (Å²) in [4.78, 5) is 0. The fourth-order valence-corrected chi connectivity index (χ4v) is 2.00. The maximum atomic E-state index is 12.4. The summed E-state index contributed by atoms with van der Waals surface area (Å²) in [5, 5.41) is 9.86. The maximum absolute atomic E-state index is 12.4. The highest BCUT2D eigenvalue weighted by Crippen LogP contribution is 2.35. The number of hydrogen-bond donors (Lipinski definition) is 1. The molecule has 0 aliphatic heterocycles. The van der Waals surface area contributed by atoms with E-state index in [2.05, 4.69) is 0 Å². The summed E-state index contributed by atoms with van der Waals surface area (Å²) in [5.41, 5.74) is 1.51. The predicted molar refractivity (Wildman–Crippen MR) is 55.5 cm³/mol. The minimum atomic E-state index is -4.39. The lowest BCUT2D eigenvalue weighted by atomic mass is 10.1. The molecule has 1 N–H and O–H groups in total. The molecule has 0 bridgehead atoms. The van der Waals surface area contributed by atoms with Crippen molar-refractivity contribution in [1.29, 1.82) is 0 Å². The fraction of sp³-hybridized carbons (Fsp3) is 0.500. The van der Waals surface area contributed by atoms with Gasteiger partial charge in [-0.15, -0.1) is 0 Å². The van der Waals surface area contributed by atoms with Crippen LogP contribution in [-0.2, 0) is 11.2 Å². The van der Waals surface area contributed by atoms with E-state index in [9.17, 15) is 18.3 Å². The zero-order valence-electron chi connectivity index (χ0n) is 9.24. The van der Waals surface area contributed by atoms with Gasteiger partial charge in [0, 0.05) is 6.42 Å². The smallest absolute Gasteiger partial charge is 0.386 e. The highest BCUT2D eigenvalue weighted by Gasteiger charge is 2.41. The van der Waals surface area contributed by atoms with Crippen molar-refractivity contribution >= 4 is 0 Å². The van der Waals surface area contributed by atoms with Crippen LogP contribution >= 0.6 is 0 Å². The highest BCUT2D eigenvalue weighted by atomic mass is 19.4. The van der Waals surface area contributed by atoms with Gasteiger partial charge >= 0.3 is 6.18 Å². The lowest BCUT2D eigenvalue weighted by Crippen LogP contribution is -2.34. The van der Waals surface area contributed by atoms with Crippen LogP contribution in [0, 0.1) is 0 Å². The van der Waals surface area contributed by atoms with Gasteiger partial charge < -0.3 is 9.84 Å². The van der Waals surface area contributed by atoms with Gasteiger partial charge in [0.05, 0.1) is 6.10 Å². The Morgan fingerprint density at radius 2 is 2.00 bits per heavy atom. The van der Waals surface area contributed by atoms with Gasteiger partial charge in [-0.1, -0.05) is 24.3 Å². The van der Waals surface area contributed by atoms with E-state index in [0.29, 0.717) is 12.0 Å². The topological polar surface area (TPSA) is 29.5 Å². The lowest BCUT2D eigenvalue weighted by Gasteiger charge is -2.23. The Labute approximate surface area is 97.0 Å². The van der Waals surface area contributed by atoms with E-state index in [1.54, 1.807) is 24.3 Å². The van der Waals surface area contributed by atoms with Crippen molar-refractivity contribution in [2.45, 2.75) is 37.8 Å². The largest absolute Gasteiger partial charge is 0.414 e. The first-order valence-corrected chi connectivity index (χ1v) is 5.37. The molecule has 0 amide bonds. The summed E-state index contributed by atoms with van der Waals surface area (Å²) in [6, 6.07) is 7.04. The third-order valence-electron chi connectivity index (χ3n) is 2.99. The molecular formula is C12H13F3O2. The molecule has 94 valence electrons. The molecule has 1 aromatic rings. The minimum absolute atomic E-state index is 0.317. The fourth-order valence-electron chi connectivity index (χ4n) is 2.00. The van der Waals surface area contributed by atoms with Gasteiger partial charge in [0.15, 0.2) is 6.10 Å². The van der Waals surface area contributed by atoms with Crippen LogP contribution in [0.5, 0.6) is 0 Å². The van der Waals surface area contributed by atoms with Crippen molar-refractivity contribution in [2.75, 3.05) is 0 Å². The molecule has 0 heterocycles. The molecule has 1 aliphatic rings. The van der Waals surface area contributed by atoms with Crippen molar-refractivity contribution in [3.63, 3.8) is 0 Å². The number of aliphatic hydroxyl groups excluding tert-OH is 1. The summed E-state index contributed by atoms with van der Waals surface area (Å²) >= 11 is 0. The normalized spacial score (nSPS) is 25.7. The van der Waals surface area contributed by atoms with Gasteiger partial charge in [-0.2, -0.15) is 13.2 Å². The van der Waals surface area contributed by atoms with E-state index in [0.717, 1.165) is 12.5 Å². The van der Waals surface area contributed by atoms with Gasteiger partial charge in [0.1, 0.15) is 6.10 Å². The average Bonchev–Trinajstić information content (AvgIpc) is 2.55. The summed E-state index contributed by atoms with van der Waals surface area (Å²) in [6.45, 7) is 0.954. The Morgan fingerprint density at radius 1 is 1.35 bits per heavy atom. The van der Waals surface area contributed by atoms with E-state index in [-0.39, 0.29) is 0 Å². The van der Waals surface area contributed by atoms with Crippen molar-refractivity contribution in [2.24, 2.45) is 0 Å². The number of ether oxygens (including phenoxy) is 1. The molecular weight excluding hydrogens is 233 g/mol. The quantitative estimate of drug-likeness (QED) is 0.869. The first-order valence-electron chi connectivity index (χ1n) is 5.37. The molecule has 1 aliphatic carbocycles. The molecule has 0 saturated carbocycles. The van der Waals surface area contributed by atoms with E-state index >= 15 is 0 Å².